The van der Waals surface area contributed by atoms with Gasteiger partial charge in [-0.1, -0.05) is 6.07 Å². The van der Waals surface area contributed by atoms with Crippen LogP contribution in [0.3, 0.4) is 0 Å². The second-order valence-corrected chi connectivity index (χ2v) is 4.65. The quantitative estimate of drug-likeness (QED) is 0.811. The molecule has 2 rings (SSSR count). The summed E-state index contributed by atoms with van der Waals surface area (Å²) in [6.45, 7) is 0. The predicted molar refractivity (Wildman–Crippen MR) is 61.4 cm³/mol. The summed E-state index contributed by atoms with van der Waals surface area (Å²) in [6, 6.07) is 6.95. The van der Waals surface area contributed by atoms with Crippen molar-refractivity contribution >= 4 is 0 Å². The van der Waals surface area contributed by atoms with E-state index in [1.54, 1.807) is 0 Å². The molecule has 1 aliphatic rings. The van der Waals surface area contributed by atoms with Crippen molar-refractivity contribution in [3.8, 4) is 0 Å². The predicted octanol–water partition coefficient (Wildman–Crippen LogP) is 1.42. The Kier molecular flexibility index (Phi) is 3.03. The fourth-order valence-electron chi connectivity index (χ4n) is 2.45. The van der Waals surface area contributed by atoms with Crippen LogP contribution in [0.1, 0.15) is 24.6 Å². The summed E-state index contributed by atoms with van der Waals surface area (Å²) in [6.07, 6.45) is 4.11. The van der Waals surface area contributed by atoms with E-state index in [1.165, 1.54) is 5.69 Å². The van der Waals surface area contributed by atoms with Crippen LogP contribution in [0.15, 0.2) is 24.4 Å². The van der Waals surface area contributed by atoms with Gasteiger partial charge in [-0.2, -0.15) is 0 Å². The van der Waals surface area contributed by atoms with Crippen LogP contribution in [-0.4, -0.2) is 30.0 Å². The SMILES string of the molecule is CN(C)C(c1ccccn1)C1CC(N)C1. The second kappa shape index (κ2) is 4.29. The van der Waals surface area contributed by atoms with E-state index in [2.05, 4.69) is 36.1 Å². The molecule has 0 radical (unpaired) electrons. The summed E-state index contributed by atoms with van der Waals surface area (Å²) in [7, 11) is 4.23. The van der Waals surface area contributed by atoms with E-state index in [1.807, 2.05) is 12.3 Å². The van der Waals surface area contributed by atoms with Gasteiger partial charge in [-0.05, 0) is 45.0 Å². The number of hydrogen-bond acceptors (Lipinski definition) is 3. The molecule has 1 heterocycles. The largest absolute Gasteiger partial charge is 0.328 e. The van der Waals surface area contributed by atoms with Crippen molar-refractivity contribution in [3.05, 3.63) is 30.1 Å². The van der Waals surface area contributed by atoms with Crippen LogP contribution in [0.5, 0.6) is 0 Å². The summed E-state index contributed by atoms with van der Waals surface area (Å²) in [5, 5.41) is 0. The molecule has 1 atom stereocenters. The highest BCUT2D eigenvalue weighted by Gasteiger charge is 2.35. The molecule has 1 saturated carbocycles. The van der Waals surface area contributed by atoms with Gasteiger partial charge in [0.1, 0.15) is 0 Å². The van der Waals surface area contributed by atoms with E-state index in [9.17, 15) is 0 Å². The normalized spacial score (nSPS) is 27.5. The van der Waals surface area contributed by atoms with E-state index < -0.39 is 0 Å². The number of aromatic nitrogens is 1. The van der Waals surface area contributed by atoms with E-state index in [0.717, 1.165) is 12.8 Å². The number of rotatable bonds is 3. The van der Waals surface area contributed by atoms with E-state index >= 15 is 0 Å². The monoisotopic (exact) mass is 205 g/mol. The molecule has 0 amide bonds. The van der Waals surface area contributed by atoms with Gasteiger partial charge in [-0.3, -0.25) is 4.98 Å². The zero-order valence-electron chi connectivity index (χ0n) is 9.43. The molecule has 15 heavy (non-hydrogen) atoms. The maximum Gasteiger partial charge on any atom is 0.0578 e. The first kappa shape index (κ1) is 10.6. The third-order valence-electron chi connectivity index (χ3n) is 3.20. The Labute approximate surface area is 91.3 Å². The first-order valence-electron chi connectivity index (χ1n) is 5.51. The highest BCUT2D eigenvalue weighted by molar-refractivity contribution is 5.12. The van der Waals surface area contributed by atoms with Crippen LogP contribution in [0.4, 0.5) is 0 Å². The Bertz CT molecular complexity index is 304. The Hall–Kier alpha value is -0.930. The van der Waals surface area contributed by atoms with Gasteiger partial charge in [-0.25, -0.2) is 0 Å². The average molecular weight is 205 g/mol. The van der Waals surface area contributed by atoms with Crippen LogP contribution in [-0.2, 0) is 0 Å². The maximum absolute atomic E-state index is 5.85. The number of hydrogen-bond donors (Lipinski definition) is 1. The summed E-state index contributed by atoms with van der Waals surface area (Å²) in [5.74, 6) is 0.671. The van der Waals surface area contributed by atoms with Gasteiger partial charge < -0.3 is 10.6 Å². The maximum atomic E-state index is 5.85. The molecule has 3 nitrogen and oxygen atoms in total. The third-order valence-corrected chi connectivity index (χ3v) is 3.20. The lowest BCUT2D eigenvalue weighted by molar-refractivity contribution is 0.120. The lowest BCUT2D eigenvalue weighted by atomic mass is 9.74. The molecule has 82 valence electrons. The van der Waals surface area contributed by atoms with Gasteiger partial charge in [0.15, 0.2) is 0 Å². The fraction of sp³-hybridized carbons (Fsp3) is 0.583. The standard InChI is InChI=1S/C12H19N3/c1-15(2)12(9-7-10(13)8-9)11-5-3-4-6-14-11/h3-6,9-10,12H,7-8,13H2,1-2H3. The molecule has 0 aromatic carbocycles. The lowest BCUT2D eigenvalue weighted by Gasteiger charge is -2.41. The molecule has 1 aliphatic carbocycles. The number of nitrogens with two attached hydrogens (primary N) is 1. The summed E-state index contributed by atoms with van der Waals surface area (Å²) in [5.41, 5.74) is 7.01. The Morgan fingerprint density at radius 1 is 1.40 bits per heavy atom. The zero-order valence-corrected chi connectivity index (χ0v) is 9.43. The highest BCUT2D eigenvalue weighted by atomic mass is 15.1. The van der Waals surface area contributed by atoms with Crippen molar-refractivity contribution in [3.63, 3.8) is 0 Å². The van der Waals surface area contributed by atoms with E-state index in [-0.39, 0.29) is 0 Å². The van der Waals surface area contributed by atoms with Gasteiger partial charge in [0.25, 0.3) is 0 Å². The van der Waals surface area contributed by atoms with Crippen LogP contribution in [0.2, 0.25) is 0 Å². The second-order valence-electron chi connectivity index (χ2n) is 4.65. The van der Waals surface area contributed by atoms with Gasteiger partial charge in [0, 0.05) is 12.2 Å². The van der Waals surface area contributed by atoms with Gasteiger partial charge in [0.2, 0.25) is 0 Å². The van der Waals surface area contributed by atoms with Crippen molar-refractivity contribution in [1.82, 2.24) is 9.88 Å². The van der Waals surface area contributed by atoms with Crippen molar-refractivity contribution in [2.75, 3.05) is 14.1 Å². The van der Waals surface area contributed by atoms with Crippen molar-refractivity contribution in [2.45, 2.75) is 24.9 Å². The number of pyridine rings is 1. The molecule has 0 bridgehead atoms. The van der Waals surface area contributed by atoms with Crippen molar-refractivity contribution in [1.29, 1.82) is 0 Å². The molecule has 1 aromatic rings. The van der Waals surface area contributed by atoms with Crippen LogP contribution in [0.25, 0.3) is 0 Å². The van der Waals surface area contributed by atoms with Crippen molar-refractivity contribution < 1.29 is 0 Å². The minimum Gasteiger partial charge on any atom is -0.328 e. The van der Waals surface area contributed by atoms with Gasteiger partial charge in [-0.15, -0.1) is 0 Å². The zero-order chi connectivity index (χ0) is 10.8. The molecule has 1 aromatic heterocycles. The third kappa shape index (κ3) is 2.19. The molecule has 1 unspecified atom stereocenters. The molecule has 2 N–H and O–H groups in total. The lowest BCUT2D eigenvalue weighted by Crippen LogP contribution is -2.43. The summed E-state index contributed by atoms with van der Waals surface area (Å²) >= 11 is 0. The van der Waals surface area contributed by atoms with Crippen LogP contribution >= 0.6 is 0 Å². The Morgan fingerprint density at radius 2 is 2.13 bits per heavy atom. The number of nitrogens with zero attached hydrogens (tertiary/aromatic N) is 2. The smallest absolute Gasteiger partial charge is 0.0578 e. The van der Waals surface area contributed by atoms with E-state index in [4.69, 9.17) is 5.73 Å². The summed E-state index contributed by atoms with van der Waals surface area (Å²) < 4.78 is 0. The molecule has 0 spiro atoms. The summed E-state index contributed by atoms with van der Waals surface area (Å²) in [4.78, 5) is 6.69. The van der Waals surface area contributed by atoms with Crippen LogP contribution in [0, 0.1) is 5.92 Å². The molecule has 0 saturated heterocycles. The topological polar surface area (TPSA) is 42.2 Å². The fourth-order valence-corrected chi connectivity index (χ4v) is 2.45. The highest BCUT2D eigenvalue weighted by Crippen LogP contribution is 2.38. The average Bonchev–Trinajstić information content (AvgIpc) is 2.17. The molecular formula is C12H19N3. The first-order valence-corrected chi connectivity index (χ1v) is 5.51. The molecule has 1 fully saturated rings. The minimum atomic E-state index is 0.404. The van der Waals surface area contributed by atoms with Crippen molar-refractivity contribution in [2.24, 2.45) is 11.7 Å². The molecule has 0 aliphatic heterocycles. The Balaban J connectivity index is 2.14. The van der Waals surface area contributed by atoms with E-state index in [0.29, 0.717) is 18.0 Å². The molecule has 3 heteroatoms. The molecular weight excluding hydrogens is 186 g/mol. The van der Waals surface area contributed by atoms with Gasteiger partial charge >= 0.3 is 0 Å². The van der Waals surface area contributed by atoms with Gasteiger partial charge in [0.05, 0.1) is 11.7 Å². The Morgan fingerprint density at radius 3 is 2.60 bits per heavy atom. The first-order chi connectivity index (χ1) is 7.18. The minimum absolute atomic E-state index is 0.404. The van der Waals surface area contributed by atoms with Crippen LogP contribution < -0.4 is 5.73 Å².